The zero-order valence-corrected chi connectivity index (χ0v) is 10.2. The molecule has 1 heterocycles. The van der Waals surface area contributed by atoms with Crippen molar-refractivity contribution in [2.24, 2.45) is 5.73 Å². The first kappa shape index (κ1) is 12.3. The maximum atomic E-state index is 13.6. The number of halogens is 1. The Morgan fingerprint density at radius 3 is 2.76 bits per heavy atom. The molecule has 1 aromatic rings. The van der Waals surface area contributed by atoms with Crippen LogP contribution in [0.25, 0.3) is 0 Å². The Bertz CT molecular complexity index is 397. The second-order valence-corrected chi connectivity index (χ2v) is 4.48. The van der Waals surface area contributed by atoms with Gasteiger partial charge >= 0.3 is 0 Å². The van der Waals surface area contributed by atoms with Crippen molar-refractivity contribution in [3.63, 3.8) is 0 Å². The predicted octanol–water partition coefficient (Wildman–Crippen LogP) is 2.40. The number of hydrogen-bond acceptors (Lipinski definition) is 3. The molecule has 0 saturated carbocycles. The van der Waals surface area contributed by atoms with Crippen LogP contribution in [0.3, 0.4) is 0 Å². The molecule has 1 aliphatic heterocycles. The first-order chi connectivity index (χ1) is 8.11. The molecule has 94 valence electrons. The van der Waals surface area contributed by atoms with E-state index in [4.69, 9.17) is 15.2 Å². The van der Waals surface area contributed by atoms with Gasteiger partial charge in [-0.15, -0.1) is 0 Å². The van der Waals surface area contributed by atoms with Gasteiger partial charge in [0.2, 0.25) is 0 Å². The van der Waals surface area contributed by atoms with Gasteiger partial charge in [-0.3, -0.25) is 0 Å². The lowest BCUT2D eigenvalue weighted by Crippen LogP contribution is -2.26. The molecule has 0 bridgehead atoms. The second-order valence-electron chi connectivity index (χ2n) is 4.48. The maximum absolute atomic E-state index is 13.6. The fraction of sp³-hybridized carbons (Fsp3) is 0.538. The molecule has 0 amide bonds. The van der Waals surface area contributed by atoms with Gasteiger partial charge in [0, 0.05) is 0 Å². The van der Waals surface area contributed by atoms with Crippen LogP contribution in [0.15, 0.2) is 18.2 Å². The lowest BCUT2D eigenvalue weighted by atomic mass is 10.00. The molecule has 3 atom stereocenters. The van der Waals surface area contributed by atoms with Gasteiger partial charge in [0.15, 0.2) is 11.6 Å². The summed E-state index contributed by atoms with van der Waals surface area (Å²) in [7, 11) is 1.44. The zero-order valence-electron chi connectivity index (χ0n) is 10.2. The smallest absolute Gasteiger partial charge is 0.165 e. The van der Waals surface area contributed by atoms with Crippen molar-refractivity contribution in [2.75, 3.05) is 7.11 Å². The number of hydrogen-bond donors (Lipinski definition) is 1. The Morgan fingerprint density at radius 2 is 2.24 bits per heavy atom. The Labute approximate surface area is 101 Å². The fourth-order valence-corrected chi connectivity index (χ4v) is 2.20. The molecule has 2 rings (SSSR count). The highest BCUT2D eigenvalue weighted by Crippen LogP contribution is 2.30. The normalized spacial score (nSPS) is 25.9. The highest BCUT2D eigenvalue weighted by atomic mass is 19.1. The van der Waals surface area contributed by atoms with E-state index in [2.05, 4.69) is 0 Å². The summed E-state index contributed by atoms with van der Waals surface area (Å²) < 4.78 is 24.1. The first-order valence-corrected chi connectivity index (χ1v) is 5.86. The van der Waals surface area contributed by atoms with Crippen LogP contribution in [-0.4, -0.2) is 19.3 Å². The lowest BCUT2D eigenvalue weighted by molar-refractivity contribution is 0.0401. The van der Waals surface area contributed by atoms with Gasteiger partial charge in [-0.2, -0.15) is 0 Å². The van der Waals surface area contributed by atoms with E-state index < -0.39 is 0 Å². The third-order valence-corrected chi connectivity index (χ3v) is 3.23. The highest BCUT2D eigenvalue weighted by Gasteiger charge is 2.28. The molecular weight excluding hydrogens is 221 g/mol. The highest BCUT2D eigenvalue weighted by molar-refractivity contribution is 5.31. The van der Waals surface area contributed by atoms with Crippen LogP contribution >= 0.6 is 0 Å². The number of rotatable bonds is 3. The molecule has 3 nitrogen and oxygen atoms in total. The minimum Gasteiger partial charge on any atom is -0.494 e. The van der Waals surface area contributed by atoms with Crippen LogP contribution in [0.4, 0.5) is 4.39 Å². The van der Waals surface area contributed by atoms with E-state index in [9.17, 15) is 4.39 Å². The first-order valence-electron chi connectivity index (χ1n) is 5.86. The van der Waals surface area contributed by atoms with Crippen molar-refractivity contribution in [3.05, 3.63) is 29.6 Å². The van der Waals surface area contributed by atoms with Crippen LogP contribution in [0, 0.1) is 5.82 Å². The third kappa shape index (κ3) is 2.58. The third-order valence-electron chi connectivity index (χ3n) is 3.23. The molecule has 0 spiro atoms. The second kappa shape index (κ2) is 5.02. The summed E-state index contributed by atoms with van der Waals surface area (Å²) in [6.07, 6.45) is 2.17. The van der Waals surface area contributed by atoms with Gasteiger partial charge in [-0.25, -0.2) is 4.39 Å². The monoisotopic (exact) mass is 239 g/mol. The van der Waals surface area contributed by atoms with Crippen LogP contribution < -0.4 is 10.5 Å². The van der Waals surface area contributed by atoms with Crippen molar-refractivity contribution in [1.82, 2.24) is 0 Å². The molecule has 3 unspecified atom stereocenters. The Balaban J connectivity index is 2.14. The maximum Gasteiger partial charge on any atom is 0.165 e. The van der Waals surface area contributed by atoms with Gasteiger partial charge in [0.25, 0.3) is 0 Å². The SMILES string of the molecule is COc1ccc(C(N)C2CCC(C)O2)cc1F. The molecule has 17 heavy (non-hydrogen) atoms. The number of methoxy groups -OCH3 is 1. The average Bonchev–Trinajstić information content (AvgIpc) is 2.75. The number of benzene rings is 1. The van der Waals surface area contributed by atoms with E-state index in [1.807, 2.05) is 6.92 Å². The van der Waals surface area contributed by atoms with Crippen LogP contribution in [0.2, 0.25) is 0 Å². The topological polar surface area (TPSA) is 44.5 Å². The summed E-state index contributed by atoms with van der Waals surface area (Å²) in [5.74, 6) is -0.145. The minimum absolute atomic E-state index is 0.0159. The summed E-state index contributed by atoms with van der Waals surface area (Å²) in [5, 5.41) is 0. The summed E-state index contributed by atoms with van der Waals surface area (Å²) >= 11 is 0. The molecule has 1 aromatic carbocycles. The molecule has 0 aliphatic carbocycles. The van der Waals surface area contributed by atoms with Gasteiger partial charge in [0.05, 0.1) is 25.4 Å². The molecule has 4 heteroatoms. The van der Waals surface area contributed by atoms with E-state index in [0.717, 1.165) is 18.4 Å². The standard InChI is InChI=1S/C13H18FNO2/c1-8-3-5-12(17-8)13(15)9-4-6-11(16-2)10(14)7-9/h4,6-8,12-13H,3,5,15H2,1-2H3. The largest absolute Gasteiger partial charge is 0.494 e. The minimum atomic E-state index is -0.383. The summed E-state index contributed by atoms with van der Waals surface area (Å²) in [5.41, 5.74) is 6.84. The molecule has 2 N–H and O–H groups in total. The Hall–Kier alpha value is -1.13. The van der Waals surface area contributed by atoms with Crippen molar-refractivity contribution < 1.29 is 13.9 Å². The summed E-state index contributed by atoms with van der Waals surface area (Å²) in [4.78, 5) is 0. The summed E-state index contributed by atoms with van der Waals surface area (Å²) in [6, 6.07) is 4.54. The van der Waals surface area contributed by atoms with E-state index in [0.29, 0.717) is 0 Å². The Kier molecular flexibility index (Phi) is 3.64. The van der Waals surface area contributed by atoms with E-state index in [-0.39, 0.29) is 29.8 Å². The lowest BCUT2D eigenvalue weighted by Gasteiger charge is -2.20. The van der Waals surface area contributed by atoms with Crippen LogP contribution in [0.1, 0.15) is 31.4 Å². The van der Waals surface area contributed by atoms with E-state index >= 15 is 0 Å². The predicted molar refractivity (Wildman–Crippen MR) is 63.4 cm³/mol. The average molecular weight is 239 g/mol. The zero-order chi connectivity index (χ0) is 12.4. The molecule has 1 fully saturated rings. The van der Waals surface area contributed by atoms with Crippen LogP contribution in [0.5, 0.6) is 5.75 Å². The van der Waals surface area contributed by atoms with Gasteiger partial charge < -0.3 is 15.2 Å². The van der Waals surface area contributed by atoms with Gasteiger partial charge in [-0.05, 0) is 37.5 Å². The number of ether oxygens (including phenoxy) is 2. The molecule has 0 aromatic heterocycles. The van der Waals surface area contributed by atoms with E-state index in [1.54, 1.807) is 12.1 Å². The molecule has 0 radical (unpaired) electrons. The van der Waals surface area contributed by atoms with Crippen LogP contribution in [-0.2, 0) is 4.74 Å². The molecular formula is C13H18FNO2. The summed E-state index contributed by atoms with van der Waals surface area (Å²) in [6.45, 7) is 2.03. The van der Waals surface area contributed by atoms with Gasteiger partial charge in [-0.1, -0.05) is 6.07 Å². The van der Waals surface area contributed by atoms with Crippen molar-refractivity contribution in [3.8, 4) is 5.75 Å². The van der Waals surface area contributed by atoms with E-state index in [1.165, 1.54) is 13.2 Å². The number of nitrogens with two attached hydrogens (primary N) is 1. The molecule has 1 aliphatic rings. The fourth-order valence-electron chi connectivity index (χ4n) is 2.20. The van der Waals surface area contributed by atoms with Crippen molar-refractivity contribution in [1.29, 1.82) is 0 Å². The molecule has 1 saturated heterocycles. The quantitative estimate of drug-likeness (QED) is 0.881. The van der Waals surface area contributed by atoms with Crippen molar-refractivity contribution >= 4 is 0 Å². The van der Waals surface area contributed by atoms with Gasteiger partial charge in [0.1, 0.15) is 0 Å². The Morgan fingerprint density at radius 1 is 1.47 bits per heavy atom. The van der Waals surface area contributed by atoms with Crippen molar-refractivity contribution in [2.45, 2.75) is 38.0 Å².